The summed E-state index contributed by atoms with van der Waals surface area (Å²) in [5, 5.41) is 2.75. The minimum absolute atomic E-state index is 0.00190. The van der Waals surface area contributed by atoms with Crippen LogP contribution in [0.3, 0.4) is 0 Å². The van der Waals surface area contributed by atoms with E-state index in [9.17, 15) is 4.79 Å². The SMILES string of the molecule is COCCC(=O)NCC(N)C(C)C. The van der Waals surface area contributed by atoms with Crippen molar-refractivity contribution < 1.29 is 9.53 Å². The number of amides is 1. The van der Waals surface area contributed by atoms with E-state index >= 15 is 0 Å². The monoisotopic (exact) mass is 188 g/mol. The number of methoxy groups -OCH3 is 1. The zero-order valence-electron chi connectivity index (χ0n) is 8.67. The van der Waals surface area contributed by atoms with Crippen molar-refractivity contribution in [1.29, 1.82) is 0 Å². The van der Waals surface area contributed by atoms with E-state index in [1.165, 1.54) is 0 Å². The first-order valence-electron chi connectivity index (χ1n) is 4.59. The summed E-state index contributed by atoms with van der Waals surface area (Å²) in [7, 11) is 1.58. The van der Waals surface area contributed by atoms with Crippen molar-refractivity contribution in [2.75, 3.05) is 20.3 Å². The van der Waals surface area contributed by atoms with Crippen molar-refractivity contribution in [3.63, 3.8) is 0 Å². The molecule has 0 aliphatic rings. The van der Waals surface area contributed by atoms with Crippen LogP contribution in [-0.4, -0.2) is 32.2 Å². The number of nitrogens with two attached hydrogens (primary N) is 1. The highest BCUT2D eigenvalue weighted by Gasteiger charge is 2.08. The molecule has 1 atom stereocenters. The minimum atomic E-state index is -0.00190. The van der Waals surface area contributed by atoms with Gasteiger partial charge < -0.3 is 15.8 Å². The Kier molecular flexibility index (Phi) is 6.54. The maximum atomic E-state index is 11.1. The van der Waals surface area contributed by atoms with Crippen LogP contribution in [0.25, 0.3) is 0 Å². The van der Waals surface area contributed by atoms with Gasteiger partial charge in [-0.25, -0.2) is 0 Å². The number of carbonyl (C=O) groups excluding carboxylic acids is 1. The highest BCUT2D eigenvalue weighted by atomic mass is 16.5. The van der Waals surface area contributed by atoms with E-state index < -0.39 is 0 Å². The largest absolute Gasteiger partial charge is 0.384 e. The Morgan fingerprint density at radius 2 is 2.15 bits per heavy atom. The van der Waals surface area contributed by atoms with Crippen molar-refractivity contribution in [3.8, 4) is 0 Å². The van der Waals surface area contributed by atoms with Gasteiger partial charge in [-0.15, -0.1) is 0 Å². The number of carbonyl (C=O) groups is 1. The van der Waals surface area contributed by atoms with Gasteiger partial charge in [0, 0.05) is 26.1 Å². The van der Waals surface area contributed by atoms with E-state index in [1.807, 2.05) is 13.8 Å². The van der Waals surface area contributed by atoms with Crippen LogP contribution in [0.15, 0.2) is 0 Å². The molecule has 4 heteroatoms. The predicted octanol–water partition coefficient (Wildman–Crippen LogP) is 0.122. The molecule has 0 saturated heterocycles. The van der Waals surface area contributed by atoms with Gasteiger partial charge in [-0.3, -0.25) is 4.79 Å². The fourth-order valence-electron chi connectivity index (χ4n) is 0.751. The summed E-state index contributed by atoms with van der Waals surface area (Å²) in [6.45, 7) is 5.07. The molecule has 0 heterocycles. The molecule has 0 aromatic rings. The first-order valence-corrected chi connectivity index (χ1v) is 4.59. The molecular formula is C9H20N2O2. The van der Waals surface area contributed by atoms with Crippen LogP contribution in [-0.2, 0) is 9.53 Å². The molecule has 0 rings (SSSR count). The second-order valence-electron chi connectivity index (χ2n) is 3.45. The molecule has 0 saturated carbocycles. The van der Waals surface area contributed by atoms with Crippen molar-refractivity contribution in [2.45, 2.75) is 26.3 Å². The second kappa shape index (κ2) is 6.86. The summed E-state index contributed by atoms with van der Waals surface area (Å²) in [5.41, 5.74) is 5.75. The number of rotatable bonds is 6. The van der Waals surface area contributed by atoms with Crippen LogP contribution in [0.1, 0.15) is 20.3 Å². The van der Waals surface area contributed by atoms with E-state index in [-0.39, 0.29) is 11.9 Å². The molecule has 0 aliphatic heterocycles. The molecule has 0 aromatic heterocycles. The minimum Gasteiger partial charge on any atom is -0.384 e. The van der Waals surface area contributed by atoms with Crippen LogP contribution in [0.4, 0.5) is 0 Å². The molecule has 13 heavy (non-hydrogen) atoms. The molecular weight excluding hydrogens is 168 g/mol. The smallest absolute Gasteiger partial charge is 0.222 e. The van der Waals surface area contributed by atoms with Gasteiger partial charge in [-0.05, 0) is 5.92 Å². The lowest BCUT2D eigenvalue weighted by molar-refractivity contribution is -0.122. The van der Waals surface area contributed by atoms with Crippen molar-refractivity contribution >= 4 is 5.91 Å². The summed E-state index contributed by atoms with van der Waals surface area (Å²) in [6, 6.07) is 0.0338. The molecule has 1 unspecified atom stereocenters. The van der Waals surface area contributed by atoms with Crippen LogP contribution in [0.5, 0.6) is 0 Å². The van der Waals surface area contributed by atoms with E-state index in [1.54, 1.807) is 7.11 Å². The number of nitrogens with one attached hydrogen (secondary N) is 1. The summed E-state index contributed by atoms with van der Waals surface area (Å²) in [5.74, 6) is 0.390. The Hall–Kier alpha value is -0.610. The van der Waals surface area contributed by atoms with Gasteiger partial charge >= 0.3 is 0 Å². The first-order chi connectivity index (χ1) is 6.07. The summed E-state index contributed by atoms with van der Waals surface area (Å²) in [4.78, 5) is 11.1. The summed E-state index contributed by atoms with van der Waals surface area (Å²) < 4.78 is 4.77. The van der Waals surface area contributed by atoms with E-state index in [2.05, 4.69) is 5.32 Å². The maximum Gasteiger partial charge on any atom is 0.222 e. The van der Waals surface area contributed by atoms with E-state index in [4.69, 9.17) is 10.5 Å². The lowest BCUT2D eigenvalue weighted by Crippen LogP contribution is -2.40. The standard InChI is InChI=1S/C9H20N2O2/c1-7(2)8(10)6-11-9(12)4-5-13-3/h7-8H,4-6,10H2,1-3H3,(H,11,12). The maximum absolute atomic E-state index is 11.1. The third-order valence-corrected chi connectivity index (χ3v) is 1.92. The number of hydrogen-bond donors (Lipinski definition) is 2. The first kappa shape index (κ1) is 12.4. The molecule has 0 spiro atoms. The molecule has 3 N–H and O–H groups in total. The Labute approximate surface area is 79.8 Å². The van der Waals surface area contributed by atoms with Gasteiger partial charge in [-0.1, -0.05) is 13.8 Å². The van der Waals surface area contributed by atoms with Crippen molar-refractivity contribution in [3.05, 3.63) is 0 Å². The molecule has 1 amide bonds. The highest BCUT2D eigenvalue weighted by Crippen LogP contribution is 1.96. The van der Waals surface area contributed by atoms with E-state index in [0.29, 0.717) is 25.5 Å². The lowest BCUT2D eigenvalue weighted by atomic mass is 10.1. The zero-order valence-corrected chi connectivity index (χ0v) is 8.67. The molecule has 0 aliphatic carbocycles. The molecule has 0 fully saturated rings. The molecule has 0 radical (unpaired) electrons. The van der Waals surface area contributed by atoms with Crippen LogP contribution in [0.2, 0.25) is 0 Å². The Balaban J connectivity index is 3.46. The van der Waals surface area contributed by atoms with Crippen LogP contribution < -0.4 is 11.1 Å². The predicted molar refractivity (Wildman–Crippen MR) is 52.3 cm³/mol. The average Bonchev–Trinajstić information content (AvgIpc) is 2.10. The van der Waals surface area contributed by atoms with Gasteiger partial charge in [0.1, 0.15) is 0 Å². The van der Waals surface area contributed by atoms with Crippen molar-refractivity contribution in [1.82, 2.24) is 5.32 Å². The Bertz CT molecular complexity index is 149. The summed E-state index contributed by atoms with van der Waals surface area (Å²) in [6.07, 6.45) is 0.404. The Morgan fingerprint density at radius 1 is 1.54 bits per heavy atom. The topological polar surface area (TPSA) is 64.3 Å². The summed E-state index contributed by atoms with van der Waals surface area (Å²) >= 11 is 0. The van der Waals surface area contributed by atoms with Gasteiger partial charge in [0.2, 0.25) is 5.91 Å². The Morgan fingerprint density at radius 3 is 2.62 bits per heavy atom. The number of hydrogen-bond acceptors (Lipinski definition) is 3. The molecule has 78 valence electrons. The highest BCUT2D eigenvalue weighted by molar-refractivity contribution is 5.75. The van der Waals surface area contributed by atoms with Crippen LogP contribution >= 0.6 is 0 Å². The van der Waals surface area contributed by atoms with Gasteiger partial charge in [0.25, 0.3) is 0 Å². The molecule has 4 nitrogen and oxygen atoms in total. The zero-order chi connectivity index (χ0) is 10.3. The molecule has 0 bridgehead atoms. The van der Waals surface area contributed by atoms with Crippen LogP contribution in [0, 0.1) is 5.92 Å². The van der Waals surface area contributed by atoms with Crippen molar-refractivity contribution in [2.24, 2.45) is 11.7 Å². The lowest BCUT2D eigenvalue weighted by Gasteiger charge is -2.15. The average molecular weight is 188 g/mol. The van der Waals surface area contributed by atoms with Gasteiger partial charge in [-0.2, -0.15) is 0 Å². The normalized spacial score (nSPS) is 13.0. The third kappa shape index (κ3) is 6.54. The van der Waals surface area contributed by atoms with E-state index in [0.717, 1.165) is 0 Å². The number of ether oxygens (including phenoxy) is 1. The van der Waals surface area contributed by atoms with Gasteiger partial charge in [0.05, 0.1) is 6.61 Å². The quantitative estimate of drug-likeness (QED) is 0.622. The third-order valence-electron chi connectivity index (χ3n) is 1.92. The second-order valence-corrected chi connectivity index (χ2v) is 3.45. The van der Waals surface area contributed by atoms with Gasteiger partial charge in [0.15, 0.2) is 0 Å². The fraction of sp³-hybridized carbons (Fsp3) is 0.889. The fourth-order valence-corrected chi connectivity index (χ4v) is 0.751. The molecule has 0 aromatic carbocycles.